The molecule has 0 aliphatic rings. The van der Waals surface area contributed by atoms with E-state index in [-0.39, 0.29) is 0 Å². The predicted octanol–water partition coefficient (Wildman–Crippen LogP) is 1.84. The molecule has 0 radical (unpaired) electrons. The van der Waals surface area contributed by atoms with Crippen LogP contribution in [0.1, 0.15) is 11.1 Å². The van der Waals surface area contributed by atoms with Gasteiger partial charge in [-0.25, -0.2) is 0 Å². The number of hydrogen-bond acceptors (Lipinski definition) is 3. The van der Waals surface area contributed by atoms with Crippen molar-refractivity contribution in [2.24, 2.45) is 0 Å². The summed E-state index contributed by atoms with van der Waals surface area (Å²) in [5, 5.41) is 0. The highest BCUT2D eigenvalue weighted by Crippen LogP contribution is 2.21. The van der Waals surface area contributed by atoms with E-state index < -0.39 is 0 Å². The van der Waals surface area contributed by atoms with Gasteiger partial charge in [0.05, 0.1) is 11.4 Å². The summed E-state index contributed by atoms with van der Waals surface area (Å²) in [6.45, 7) is 0. The fraction of sp³-hybridized carbons (Fsp3) is 0.0833. The van der Waals surface area contributed by atoms with Crippen LogP contribution in [0, 0.1) is 0 Å². The van der Waals surface area contributed by atoms with E-state index in [1.165, 1.54) is 5.56 Å². The maximum Gasteiger partial charge on any atom is 0.0583 e. The number of anilines is 2. The van der Waals surface area contributed by atoms with Gasteiger partial charge in [-0.1, -0.05) is 12.1 Å². The van der Waals surface area contributed by atoms with Crippen LogP contribution in [0.5, 0.6) is 0 Å². The quantitative estimate of drug-likeness (QED) is 0.725. The van der Waals surface area contributed by atoms with Crippen LogP contribution in [0.2, 0.25) is 0 Å². The first-order valence-electron chi connectivity index (χ1n) is 4.79. The summed E-state index contributed by atoms with van der Waals surface area (Å²) in [4.78, 5) is 3.97. The average molecular weight is 199 g/mol. The molecule has 4 N–H and O–H groups in total. The van der Waals surface area contributed by atoms with E-state index in [1.807, 2.05) is 30.3 Å². The van der Waals surface area contributed by atoms with Crippen molar-refractivity contribution in [1.29, 1.82) is 0 Å². The standard InChI is InChI=1S/C12H13N3/c13-11-3-1-2-10(12(11)14)8-9-4-6-15-7-5-9/h1-7H,8,13-14H2. The first-order chi connectivity index (χ1) is 7.27. The van der Waals surface area contributed by atoms with E-state index in [0.717, 1.165) is 12.0 Å². The fourth-order valence-electron chi connectivity index (χ4n) is 1.51. The highest BCUT2D eigenvalue weighted by Gasteiger charge is 2.02. The molecular weight excluding hydrogens is 186 g/mol. The number of rotatable bonds is 2. The van der Waals surface area contributed by atoms with Crippen molar-refractivity contribution in [1.82, 2.24) is 4.98 Å². The SMILES string of the molecule is Nc1cccc(Cc2ccncc2)c1N. The second kappa shape index (κ2) is 4.00. The molecule has 0 saturated carbocycles. The summed E-state index contributed by atoms with van der Waals surface area (Å²) in [6.07, 6.45) is 4.34. The average Bonchev–Trinajstić information content (AvgIpc) is 2.26. The highest BCUT2D eigenvalue weighted by atomic mass is 14.7. The summed E-state index contributed by atoms with van der Waals surface area (Å²) < 4.78 is 0. The molecule has 0 spiro atoms. The molecule has 2 rings (SSSR count). The molecule has 1 aromatic carbocycles. The smallest absolute Gasteiger partial charge is 0.0583 e. The van der Waals surface area contributed by atoms with Crippen LogP contribution in [0.3, 0.4) is 0 Å². The molecule has 0 unspecified atom stereocenters. The Morgan fingerprint density at radius 2 is 1.73 bits per heavy atom. The van der Waals surface area contributed by atoms with Crippen molar-refractivity contribution in [3.63, 3.8) is 0 Å². The Kier molecular flexibility index (Phi) is 2.54. The Morgan fingerprint density at radius 3 is 2.47 bits per heavy atom. The highest BCUT2D eigenvalue weighted by molar-refractivity contribution is 5.67. The van der Waals surface area contributed by atoms with Gasteiger partial charge in [-0.3, -0.25) is 4.98 Å². The topological polar surface area (TPSA) is 64.9 Å². The van der Waals surface area contributed by atoms with E-state index in [4.69, 9.17) is 11.5 Å². The van der Waals surface area contributed by atoms with Gasteiger partial charge in [0.1, 0.15) is 0 Å². The molecule has 0 amide bonds. The van der Waals surface area contributed by atoms with Crippen LogP contribution in [-0.2, 0) is 6.42 Å². The van der Waals surface area contributed by atoms with Crippen molar-refractivity contribution < 1.29 is 0 Å². The number of pyridine rings is 1. The minimum Gasteiger partial charge on any atom is -0.397 e. The summed E-state index contributed by atoms with van der Waals surface area (Å²) >= 11 is 0. The minimum absolute atomic E-state index is 0.640. The second-order valence-corrected chi connectivity index (χ2v) is 3.45. The van der Waals surface area contributed by atoms with Gasteiger partial charge in [-0.15, -0.1) is 0 Å². The zero-order valence-electron chi connectivity index (χ0n) is 8.35. The fourth-order valence-corrected chi connectivity index (χ4v) is 1.51. The Balaban J connectivity index is 2.29. The maximum absolute atomic E-state index is 5.89. The minimum atomic E-state index is 0.640. The number of para-hydroxylation sites is 1. The molecule has 0 bridgehead atoms. The molecule has 0 atom stereocenters. The van der Waals surface area contributed by atoms with Crippen molar-refractivity contribution in [3.8, 4) is 0 Å². The van der Waals surface area contributed by atoms with Crippen LogP contribution in [0.4, 0.5) is 11.4 Å². The summed E-state index contributed by atoms with van der Waals surface area (Å²) in [7, 11) is 0. The third kappa shape index (κ3) is 2.07. The van der Waals surface area contributed by atoms with E-state index in [2.05, 4.69) is 4.98 Å². The lowest BCUT2D eigenvalue weighted by molar-refractivity contribution is 1.17. The molecule has 0 saturated heterocycles. The summed E-state index contributed by atoms with van der Waals surface area (Å²) in [5.41, 5.74) is 15.2. The molecule has 0 aliphatic carbocycles. The lowest BCUT2D eigenvalue weighted by Gasteiger charge is -2.07. The first kappa shape index (κ1) is 9.52. The molecule has 3 heteroatoms. The number of nitrogens with two attached hydrogens (primary N) is 2. The third-order valence-corrected chi connectivity index (χ3v) is 2.37. The Bertz CT molecular complexity index is 452. The van der Waals surface area contributed by atoms with Gasteiger partial charge in [0.15, 0.2) is 0 Å². The third-order valence-electron chi connectivity index (χ3n) is 2.37. The molecule has 0 fully saturated rings. The Hall–Kier alpha value is -2.03. The zero-order valence-corrected chi connectivity index (χ0v) is 8.35. The number of aromatic nitrogens is 1. The number of nitrogens with zero attached hydrogens (tertiary/aromatic N) is 1. The first-order valence-corrected chi connectivity index (χ1v) is 4.79. The second-order valence-electron chi connectivity index (χ2n) is 3.45. The van der Waals surface area contributed by atoms with Crippen molar-refractivity contribution >= 4 is 11.4 Å². The van der Waals surface area contributed by atoms with Gasteiger partial charge in [0.2, 0.25) is 0 Å². The summed E-state index contributed by atoms with van der Waals surface area (Å²) in [5.74, 6) is 0. The summed E-state index contributed by atoms with van der Waals surface area (Å²) in [6, 6.07) is 9.67. The predicted molar refractivity (Wildman–Crippen MR) is 62.3 cm³/mol. The van der Waals surface area contributed by atoms with Gasteiger partial charge >= 0.3 is 0 Å². The maximum atomic E-state index is 5.89. The van der Waals surface area contributed by atoms with Crippen LogP contribution in [0.15, 0.2) is 42.7 Å². The molecule has 76 valence electrons. The van der Waals surface area contributed by atoms with E-state index >= 15 is 0 Å². The normalized spacial score (nSPS) is 10.1. The molecule has 2 aromatic rings. The van der Waals surface area contributed by atoms with E-state index in [1.54, 1.807) is 12.4 Å². The van der Waals surface area contributed by atoms with E-state index in [9.17, 15) is 0 Å². The van der Waals surface area contributed by atoms with Gasteiger partial charge in [0.25, 0.3) is 0 Å². The van der Waals surface area contributed by atoms with Crippen molar-refractivity contribution in [3.05, 3.63) is 53.9 Å². The van der Waals surface area contributed by atoms with Gasteiger partial charge in [-0.2, -0.15) is 0 Å². The molecule has 1 heterocycles. The van der Waals surface area contributed by atoms with Crippen molar-refractivity contribution in [2.45, 2.75) is 6.42 Å². The number of nitrogen functional groups attached to an aromatic ring is 2. The molecule has 15 heavy (non-hydrogen) atoms. The van der Waals surface area contributed by atoms with E-state index in [0.29, 0.717) is 11.4 Å². The van der Waals surface area contributed by atoms with Gasteiger partial charge in [0, 0.05) is 12.4 Å². The van der Waals surface area contributed by atoms with Crippen molar-refractivity contribution in [2.75, 3.05) is 11.5 Å². The van der Waals surface area contributed by atoms with Gasteiger partial charge < -0.3 is 11.5 Å². The van der Waals surface area contributed by atoms with Crippen LogP contribution in [0.25, 0.3) is 0 Å². The lowest BCUT2D eigenvalue weighted by Crippen LogP contribution is -2.00. The van der Waals surface area contributed by atoms with Crippen LogP contribution >= 0.6 is 0 Å². The monoisotopic (exact) mass is 199 g/mol. The molecule has 3 nitrogen and oxygen atoms in total. The Morgan fingerprint density at radius 1 is 1.00 bits per heavy atom. The largest absolute Gasteiger partial charge is 0.397 e. The van der Waals surface area contributed by atoms with Crippen LogP contribution < -0.4 is 11.5 Å². The number of benzene rings is 1. The molecule has 0 aliphatic heterocycles. The van der Waals surface area contributed by atoms with Gasteiger partial charge in [-0.05, 0) is 35.7 Å². The molecule has 1 aromatic heterocycles. The Labute approximate surface area is 88.8 Å². The molecular formula is C12H13N3. The number of hydrogen-bond donors (Lipinski definition) is 2. The lowest BCUT2D eigenvalue weighted by atomic mass is 10.0. The van der Waals surface area contributed by atoms with Crippen LogP contribution in [-0.4, -0.2) is 4.98 Å². The zero-order chi connectivity index (χ0) is 10.7.